The number of rotatable bonds is 5. The van der Waals surface area contributed by atoms with Gasteiger partial charge < -0.3 is 28.9 Å². The van der Waals surface area contributed by atoms with Crippen LogP contribution in [0, 0.1) is 11.7 Å². The van der Waals surface area contributed by atoms with E-state index in [9.17, 15) is 22.4 Å². The van der Waals surface area contributed by atoms with Crippen LogP contribution in [-0.2, 0) is 19.0 Å². The fraction of sp³-hybridized carbons (Fsp3) is 0.545. The summed E-state index contributed by atoms with van der Waals surface area (Å²) in [5, 5.41) is -0.257. The lowest BCUT2D eigenvalue weighted by atomic mass is 9.85. The number of fused-ring (bicyclic) bond motifs is 2. The van der Waals surface area contributed by atoms with E-state index in [1.54, 1.807) is 4.90 Å². The third-order valence-electron chi connectivity index (χ3n) is 6.92. The summed E-state index contributed by atoms with van der Waals surface area (Å²) in [5.41, 5.74) is 4.44. The van der Waals surface area contributed by atoms with Gasteiger partial charge in [-0.1, -0.05) is 0 Å². The number of halogens is 2. The van der Waals surface area contributed by atoms with Gasteiger partial charge >= 0.3 is 16.1 Å². The Hall–Kier alpha value is -2.77. The fourth-order valence-corrected chi connectivity index (χ4v) is 5.52. The number of methoxy groups -OCH3 is 1. The van der Waals surface area contributed by atoms with Gasteiger partial charge in [-0.15, -0.1) is 0 Å². The number of hydrogen-bond donors (Lipinski definition) is 1. The molecule has 1 aliphatic carbocycles. The Morgan fingerprint density at radius 1 is 1.37 bits per heavy atom. The summed E-state index contributed by atoms with van der Waals surface area (Å²) >= 11 is 0. The number of alkyl halides is 1. The maximum Gasteiger partial charge on any atom is 0.359 e. The van der Waals surface area contributed by atoms with Crippen molar-refractivity contribution in [2.75, 3.05) is 44.6 Å². The third-order valence-corrected chi connectivity index (χ3v) is 7.38. The normalized spacial score (nSPS) is 28.1. The Bertz CT molecular complexity index is 1400. The largest absolute Gasteiger partial charge is 0.492 e. The van der Waals surface area contributed by atoms with E-state index >= 15 is 4.39 Å². The third kappa shape index (κ3) is 4.04. The molecule has 1 aromatic carbocycles. The lowest BCUT2D eigenvalue weighted by Gasteiger charge is -2.34. The molecule has 0 unspecified atom stereocenters. The molecule has 0 radical (unpaired) electrons. The van der Waals surface area contributed by atoms with Crippen LogP contribution >= 0.6 is 0 Å². The Morgan fingerprint density at radius 3 is 2.69 bits per heavy atom. The second-order valence-electron chi connectivity index (χ2n) is 9.46. The molecule has 0 spiro atoms. The van der Waals surface area contributed by atoms with E-state index in [-0.39, 0.29) is 41.2 Å². The molecule has 2 N–H and O–H groups in total. The summed E-state index contributed by atoms with van der Waals surface area (Å²) in [5.74, 6) is -2.16. The summed E-state index contributed by atoms with van der Waals surface area (Å²) in [6.07, 6.45) is 1.25. The zero-order valence-electron chi connectivity index (χ0n) is 19.1. The highest BCUT2D eigenvalue weighted by molar-refractivity contribution is 7.86. The number of carbonyl (C=O) groups is 1. The number of aromatic nitrogens is 1. The Labute approximate surface area is 199 Å². The molecule has 4 atom stereocenters. The lowest BCUT2D eigenvalue weighted by Crippen LogP contribution is -2.54. The first-order valence-corrected chi connectivity index (χ1v) is 12.9. The fourth-order valence-electron chi connectivity index (χ4n) is 5.16. The van der Waals surface area contributed by atoms with Crippen LogP contribution in [-0.4, -0.2) is 70.3 Å². The van der Waals surface area contributed by atoms with Gasteiger partial charge in [0.15, 0.2) is 11.6 Å². The average molecular weight is 514 g/mol. The van der Waals surface area contributed by atoms with Gasteiger partial charge in [0, 0.05) is 38.2 Å². The minimum Gasteiger partial charge on any atom is -0.492 e. The van der Waals surface area contributed by atoms with Gasteiger partial charge in [0.25, 0.3) is 0 Å². The lowest BCUT2D eigenvalue weighted by molar-refractivity contribution is 0.0203. The number of hydrogen-bond acceptors (Lipinski definition) is 9. The molecule has 3 fully saturated rings. The first-order chi connectivity index (χ1) is 16.4. The minimum atomic E-state index is -4.22. The van der Waals surface area contributed by atoms with E-state index in [2.05, 4.69) is 4.18 Å². The van der Waals surface area contributed by atoms with Crippen molar-refractivity contribution in [1.29, 1.82) is 0 Å². The highest BCUT2D eigenvalue weighted by Gasteiger charge is 2.47. The summed E-state index contributed by atoms with van der Waals surface area (Å²) in [6, 6.07) is 0.214. The topological polar surface area (TPSA) is 130 Å². The monoisotopic (exact) mass is 513 g/mol. The van der Waals surface area contributed by atoms with Crippen LogP contribution in [0.1, 0.15) is 29.2 Å². The van der Waals surface area contributed by atoms with Gasteiger partial charge in [-0.25, -0.2) is 13.6 Å². The van der Waals surface area contributed by atoms with Crippen molar-refractivity contribution in [1.82, 2.24) is 4.57 Å². The molecule has 0 amide bonds. The number of pyridine rings is 1. The van der Waals surface area contributed by atoms with Crippen molar-refractivity contribution < 1.29 is 35.6 Å². The van der Waals surface area contributed by atoms with Crippen molar-refractivity contribution in [3.05, 3.63) is 33.9 Å². The molecule has 1 aromatic heterocycles. The van der Waals surface area contributed by atoms with Crippen LogP contribution in [0.5, 0.6) is 5.75 Å². The highest BCUT2D eigenvalue weighted by Crippen LogP contribution is 2.47. The summed E-state index contributed by atoms with van der Waals surface area (Å²) < 4.78 is 69.5. The first kappa shape index (κ1) is 23.9. The van der Waals surface area contributed by atoms with E-state index in [4.69, 9.17) is 15.2 Å². The quantitative estimate of drug-likeness (QED) is 0.584. The molecular formula is C22H25F2N3O7S. The number of benzene rings is 1. The van der Waals surface area contributed by atoms with E-state index in [0.29, 0.717) is 32.4 Å². The highest BCUT2D eigenvalue weighted by atomic mass is 32.2. The minimum absolute atomic E-state index is 0.00222. The molecule has 2 aliphatic heterocycles. The molecule has 190 valence electrons. The first-order valence-electron chi connectivity index (χ1n) is 11.1. The predicted molar refractivity (Wildman–Crippen MR) is 122 cm³/mol. The van der Waals surface area contributed by atoms with Crippen LogP contribution in [0.4, 0.5) is 14.5 Å². The predicted octanol–water partition coefficient (Wildman–Crippen LogP) is 1.10. The van der Waals surface area contributed by atoms with Gasteiger partial charge in [-0.3, -0.25) is 4.79 Å². The van der Waals surface area contributed by atoms with Crippen molar-refractivity contribution in [2.24, 2.45) is 11.7 Å². The average Bonchev–Trinajstić information content (AvgIpc) is 3.38. The SMILES string of the molecule is COc1c(N2C[C@@H]3CCOC[C@@]3(N)C2)c(F)cc2c(=O)c(C(=O)OS(C)(=O)=O)cn([C@@H]3C[C@@H]3F)c12. The van der Waals surface area contributed by atoms with E-state index in [1.807, 2.05) is 0 Å². The van der Waals surface area contributed by atoms with Crippen molar-refractivity contribution in [3.8, 4) is 5.75 Å². The summed E-state index contributed by atoms with van der Waals surface area (Å²) in [4.78, 5) is 27.3. The molecule has 3 aliphatic rings. The second-order valence-corrected chi connectivity index (χ2v) is 11.0. The summed E-state index contributed by atoms with van der Waals surface area (Å²) in [6.45, 7) is 1.61. The van der Waals surface area contributed by atoms with E-state index in [0.717, 1.165) is 12.3 Å². The van der Waals surface area contributed by atoms with Crippen molar-refractivity contribution in [3.63, 3.8) is 0 Å². The smallest absolute Gasteiger partial charge is 0.359 e. The van der Waals surface area contributed by atoms with E-state index < -0.39 is 50.6 Å². The molecule has 2 saturated heterocycles. The number of nitrogens with two attached hydrogens (primary N) is 1. The molecule has 0 bridgehead atoms. The maximum absolute atomic E-state index is 15.6. The molecular weight excluding hydrogens is 488 g/mol. The van der Waals surface area contributed by atoms with Crippen LogP contribution in [0.25, 0.3) is 10.9 Å². The van der Waals surface area contributed by atoms with Gasteiger partial charge in [0.2, 0.25) is 5.43 Å². The Kier molecular flexibility index (Phi) is 5.57. The zero-order valence-corrected chi connectivity index (χ0v) is 19.9. The number of ether oxygens (including phenoxy) is 2. The maximum atomic E-state index is 15.6. The van der Waals surface area contributed by atoms with Gasteiger partial charge in [0.05, 0.1) is 42.5 Å². The molecule has 35 heavy (non-hydrogen) atoms. The van der Waals surface area contributed by atoms with Gasteiger partial charge in [0.1, 0.15) is 17.4 Å². The van der Waals surface area contributed by atoms with Crippen LogP contribution in [0.3, 0.4) is 0 Å². The zero-order chi connectivity index (χ0) is 25.3. The Morgan fingerprint density at radius 2 is 2.09 bits per heavy atom. The molecule has 5 rings (SSSR count). The molecule has 10 nitrogen and oxygen atoms in total. The molecule has 3 heterocycles. The van der Waals surface area contributed by atoms with Crippen molar-refractivity contribution in [2.45, 2.75) is 30.6 Å². The second kappa shape index (κ2) is 8.14. The standard InChI is InChI=1S/C22H25F2N3O7S/c1-32-20-17-12(5-15(24)18(20)26-7-11-3-4-33-10-22(11,25)9-26)19(28)13(21(29)34-35(2,30)31)8-27(17)16-6-14(16)23/h5,8,11,14,16H,3-4,6-7,9-10,25H2,1-2H3/t11-,14-,16+,22-/m0/s1. The van der Waals surface area contributed by atoms with Crippen LogP contribution < -0.4 is 20.8 Å². The van der Waals surface area contributed by atoms with Crippen LogP contribution in [0.2, 0.25) is 0 Å². The summed E-state index contributed by atoms with van der Waals surface area (Å²) in [7, 11) is -2.92. The van der Waals surface area contributed by atoms with Gasteiger partial charge in [-0.05, 0) is 12.5 Å². The Balaban J connectivity index is 1.71. The molecule has 13 heteroatoms. The molecule has 2 aromatic rings. The van der Waals surface area contributed by atoms with Gasteiger partial charge in [-0.2, -0.15) is 8.42 Å². The number of anilines is 1. The van der Waals surface area contributed by atoms with Crippen LogP contribution in [0.15, 0.2) is 17.1 Å². The van der Waals surface area contributed by atoms with E-state index in [1.165, 1.54) is 11.7 Å². The molecule has 1 saturated carbocycles. The van der Waals surface area contributed by atoms with Crippen molar-refractivity contribution >= 4 is 32.7 Å². The number of nitrogens with zero attached hydrogens (tertiary/aromatic N) is 2. The number of carbonyl (C=O) groups excluding carboxylic acids is 1.